The second-order valence-electron chi connectivity index (χ2n) is 9.56. The molecule has 2 aliphatic heterocycles. The third-order valence-corrected chi connectivity index (χ3v) is 6.22. The Morgan fingerprint density at radius 3 is 1.79 bits per heavy atom. The summed E-state index contributed by atoms with van der Waals surface area (Å²) in [7, 11) is 5.01. The zero-order valence-corrected chi connectivity index (χ0v) is 25.7. The van der Waals surface area contributed by atoms with Crippen molar-refractivity contribution < 1.29 is 55.5 Å². The number of aliphatic hydroxyl groups is 2. The molecular weight excluding hydrogens is 490 g/mol. The van der Waals surface area contributed by atoms with Crippen molar-refractivity contribution in [3.63, 3.8) is 0 Å². The minimum Gasteiger partial charge on any atom is -1.00 e. The van der Waals surface area contributed by atoms with Gasteiger partial charge in [0, 0.05) is 41.6 Å². The van der Waals surface area contributed by atoms with Crippen LogP contribution >= 0.6 is 0 Å². The Kier molecular flexibility index (Phi) is 21.1. The molecule has 2 fully saturated rings. The van der Waals surface area contributed by atoms with Crippen molar-refractivity contribution in [2.75, 3.05) is 47.4 Å². The van der Waals surface area contributed by atoms with Crippen LogP contribution in [0.3, 0.4) is 0 Å². The third-order valence-electron chi connectivity index (χ3n) is 6.22. The van der Waals surface area contributed by atoms with Crippen molar-refractivity contribution in [1.82, 2.24) is 9.80 Å². The molecule has 2 aromatic carbocycles. The van der Waals surface area contributed by atoms with Gasteiger partial charge in [0.05, 0.1) is 38.1 Å². The smallest absolute Gasteiger partial charge is 1.00 e. The monoisotopic (exact) mass is 535 g/mol. The van der Waals surface area contributed by atoms with Gasteiger partial charge in [-0.1, -0.05) is 60.7 Å². The Balaban J connectivity index is 0. The molecule has 2 saturated heterocycles. The number of likely N-dealkylation sites (N-methyl/N-ethyl adjacent to an activating group) is 2. The van der Waals surface area contributed by atoms with Crippen LogP contribution in [0.1, 0.15) is 38.2 Å². The zero-order chi connectivity index (χ0) is 26.2. The Morgan fingerprint density at radius 1 is 0.789 bits per heavy atom. The van der Waals surface area contributed by atoms with Crippen molar-refractivity contribution in [3.05, 3.63) is 71.8 Å². The summed E-state index contributed by atoms with van der Waals surface area (Å²) in [5.74, 6) is 0.318. The van der Waals surface area contributed by atoms with Gasteiger partial charge >= 0.3 is 29.6 Å². The van der Waals surface area contributed by atoms with E-state index in [9.17, 15) is 9.90 Å². The van der Waals surface area contributed by atoms with Crippen LogP contribution in [-0.4, -0.2) is 99.9 Å². The van der Waals surface area contributed by atoms with Crippen molar-refractivity contribution in [3.8, 4) is 0 Å². The first-order valence-corrected chi connectivity index (χ1v) is 12.8. The van der Waals surface area contributed by atoms with Gasteiger partial charge in [0.25, 0.3) is 0 Å². The second kappa shape index (κ2) is 21.7. The van der Waals surface area contributed by atoms with E-state index in [-0.39, 0.29) is 57.7 Å². The number of ether oxygens (including phenoxy) is 2. The van der Waals surface area contributed by atoms with Crippen LogP contribution in [0.15, 0.2) is 60.7 Å². The minimum absolute atomic E-state index is 0. The summed E-state index contributed by atoms with van der Waals surface area (Å²) in [5.41, 5.74) is 2.39. The molecule has 205 valence electrons. The molecule has 2 N–H and O–H groups in total. The molecule has 0 aliphatic carbocycles. The van der Waals surface area contributed by atoms with E-state index in [1.165, 1.54) is 11.1 Å². The molecule has 0 saturated carbocycles. The van der Waals surface area contributed by atoms with Gasteiger partial charge in [-0.15, -0.1) is 0 Å². The van der Waals surface area contributed by atoms with E-state index >= 15 is 0 Å². The van der Waals surface area contributed by atoms with Crippen LogP contribution in [0.4, 0.5) is 0 Å². The molecule has 2 aliphatic rings. The van der Waals surface area contributed by atoms with E-state index < -0.39 is 0 Å². The zero-order valence-electron chi connectivity index (χ0n) is 24.7. The van der Waals surface area contributed by atoms with Crippen LogP contribution in [0.2, 0.25) is 0 Å². The van der Waals surface area contributed by atoms with E-state index in [0.29, 0.717) is 32.0 Å². The maximum atomic E-state index is 11.4. The summed E-state index contributed by atoms with van der Waals surface area (Å²) in [4.78, 5) is 15.6. The van der Waals surface area contributed by atoms with E-state index in [1.807, 2.05) is 55.4 Å². The maximum Gasteiger partial charge on any atom is 1.00 e. The fraction of sp³-hybridized carbons (Fsp3) is 0.552. The number of hydrogen-bond donors (Lipinski definition) is 2. The molecule has 7 nitrogen and oxygen atoms in total. The van der Waals surface area contributed by atoms with Gasteiger partial charge in [0.2, 0.25) is 0 Å². The number of carbonyl (C=O) groups excluding carboxylic acids is 1. The summed E-state index contributed by atoms with van der Waals surface area (Å²) in [6.45, 7) is 4.36. The molecule has 2 heterocycles. The van der Waals surface area contributed by atoms with Crippen LogP contribution in [-0.2, 0) is 27.5 Å². The first kappa shape index (κ1) is 36.9. The number of benzene rings is 2. The average molecular weight is 535 g/mol. The standard InChI is InChI=1S/C14H21NO2.C14H19NO2.CH4O.B.Na.H/c2*1-15-9-13(16)7-8-14(10-15)17-11-12-5-3-2-4-6-12;1-2;;;/h2-6,13-14,16H,7-11H2,1H3;2-6,14H,7-11H2,1H3;2H,1H3;;;/q;;;;+1;-1. The normalized spacial score (nSPS) is 22.1. The number of ketones is 1. The number of Topliss-reactive ketones (excluding diaryl/α,β-unsaturated/α-hetero) is 1. The van der Waals surface area contributed by atoms with Gasteiger partial charge in [-0.2, -0.15) is 0 Å². The van der Waals surface area contributed by atoms with Gasteiger partial charge in [-0.05, 0) is 44.5 Å². The van der Waals surface area contributed by atoms with Crippen molar-refractivity contribution in [2.45, 2.75) is 57.2 Å². The average Bonchev–Trinajstić information content (AvgIpc) is 3.17. The van der Waals surface area contributed by atoms with Crippen molar-refractivity contribution in [2.24, 2.45) is 0 Å². The molecular formula is C29H45BN2NaO5. The fourth-order valence-corrected chi connectivity index (χ4v) is 4.40. The van der Waals surface area contributed by atoms with Crippen molar-refractivity contribution in [1.29, 1.82) is 0 Å². The molecule has 3 atom stereocenters. The van der Waals surface area contributed by atoms with E-state index in [2.05, 4.69) is 29.2 Å². The molecule has 38 heavy (non-hydrogen) atoms. The van der Waals surface area contributed by atoms with Crippen LogP contribution in [0, 0.1) is 0 Å². The van der Waals surface area contributed by atoms with Gasteiger partial charge in [-0.3, -0.25) is 9.69 Å². The number of likely N-dealkylation sites (tertiary alicyclic amines) is 2. The quantitative estimate of drug-likeness (QED) is 0.499. The molecule has 0 bridgehead atoms. The van der Waals surface area contributed by atoms with Gasteiger partial charge in [0.15, 0.2) is 0 Å². The van der Waals surface area contributed by atoms with Crippen molar-refractivity contribution >= 4 is 14.2 Å². The number of hydrogen-bond acceptors (Lipinski definition) is 7. The van der Waals surface area contributed by atoms with Gasteiger partial charge in [0.1, 0.15) is 5.78 Å². The topological polar surface area (TPSA) is 82.5 Å². The van der Waals surface area contributed by atoms with Crippen LogP contribution in [0.5, 0.6) is 0 Å². The summed E-state index contributed by atoms with van der Waals surface area (Å²) in [6.07, 6.45) is 3.47. The number of aliphatic hydroxyl groups excluding tert-OH is 2. The molecule has 4 rings (SSSR count). The molecule has 3 radical (unpaired) electrons. The van der Waals surface area contributed by atoms with Gasteiger partial charge < -0.3 is 26.0 Å². The van der Waals surface area contributed by atoms with Crippen LogP contribution in [0.25, 0.3) is 0 Å². The Hall–Kier alpha value is -1.07. The predicted molar refractivity (Wildman–Crippen MR) is 150 cm³/mol. The Bertz CT molecular complexity index is 856. The summed E-state index contributed by atoms with van der Waals surface area (Å²) < 4.78 is 11.8. The largest absolute Gasteiger partial charge is 1.00 e. The molecule has 0 aromatic heterocycles. The summed E-state index contributed by atoms with van der Waals surface area (Å²) in [6, 6.07) is 20.4. The first-order chi connectivity index (χ1) is 17.5. The molecule has 0 spiro atoms. The van der Waals surface area contributed by atoms with Gasteiger partial charge in [-0.25, -0.2) is 0 Å². The molecule has 2 aromatic rings. The number of rotatable bonds is 6. The Morgan fingerprint density at radius 2 is 1.26 bits per heavy atom. The first-order valence-electron chi connectivity index (χ1n) is 12.8. The number of carbonyl (C=O) groups is 1. The minimum atomic E-state index is -0.203. The molecule has 0 amide bonds. The number of β-amino-alcohol motifs (C(OH)–C–C–N with tert-alkyl or cyclic N) is 1. The molecule has 3 unspecified atom stereocenters. The predicted octanol–water partition coefficient (Wildman–Crippen LogP) is -0.131. The molecule has 9 heteroatoms. The summed E-state index contributed by atoms with van der Waals surface area (Å²) >= 11 is 0. The third kappa shape index (κ3) is 15.5. The van der Waals surface area contributed by atoms with Crippen LogP contribution < -0.4 is 29.6 Å². The van der Waals surface area contributed by atoms with E-state index in [1.54, 1.807) is 0 Å². The fourth-order valence-electron chi connectivity index (χ4n) is 4.40. The van der Waals surface area contributed by atoms with E-state index in [4.69, 9.17) is 14.6 Å². The maximum absolute atomic E-state index is 11.4. The SMILES string of the molecule is CN1CC(=O)CCC(OCc2ccccc2)C1.CN1CC(O)CCC(OCc2ccccc2)C1.CO.[B].[H-].[Na+]. The summed E-state index contributed by atoms with van der Waals surface area (Å²) in [5, 5.41) is 16.7. The second-order valence-corrected chi connectivity index (χ2v) is 9.56. The van der Waals surface area contributed by atoms with E-state index in [0.717, 1.165) is 46.0 Å². The number of nitrogens with zero attached hydrogens (tertiary/aromatic N) is 2. The Labute approximate surface area is 254 Å².